The summed E-state index contributed by atoms with van der Waals surface area (Å²) < 4.78 is 0. The Labute approximate surface area is 155 Å². The van der Waals surface area contributed by atoms with E-state index in [4.69, 9.17) is 0 Å². The van der Waals surface area contributed by atoms with Crippen molar-refractivity contribution < 1.29 is 19.8 Å². The fourth-order valence-corrected chi connectivity index (χ4v) is 7.27. The first kappa shape index (κ1) is 18.1. The quantitative estimate of drug-likeness (QED) is 0.744. The Morgan fingerprint density at radius 1 is 1.27 bits per heavy atom. The molecular weight excluding hydrogens is 328 g/mol. The van der Waals surface area contributed by atoms with E-state index in [2.05, 4.69) is 13.5 Å². The second kappa shape index (κ2) is 5.62. The Bertz CT molecular complexity index is 709. The van der Waals surface area contributed by atoms with Crippen molar-refractivity contribution >= 4 is 11.6 Å². The van der Waals surface area contributed by atoms with Crippen LogP contribution in [0.15, 0.2) is 24.3 Å². The van der Waals surface area contributed by atoms with Crippen molar-refractivity contribution in [1.82, 2.24) is 0 Å². The molecule has 3 saturated carbocycles. The molecule has 0 radical (unpaired) electrons. The fraction of sp³-hybridized carbons (Fsp3) is 0.727. The standard InChI is InChI=1S/C22H30O4/c1-4-18(25)22(26)10-8-16-15-6-5-13-11-14(23)7-9-20(13,2)19(15)17(24)12-21(16,22)3/h4,11,15-17,19,24,26H,1,5-10,12H2,2-3H3/t15-,16-,17-,19+,20-,21-,22-/m0/s1. The Morgan fingerprint density at radius 3 is 2.69 bits per heavy atom. The molecule has 7 atom stereocenters. The van der Waals surface area contributed by atoms with E-state index in [0.717, 1.165) is 25.7 Å². The molecule has 4 aliphatic rings. The average molecular weight is 358 g/mol. The molecule has 142 valence electrons. The summed E-state index contributed by atoms with van der Waals surface area (Å²) in [6.07, 6.45) is 7.37. The minimum absolute atomic E-state index is 0.106. The number of hydrogen-bond donors (Lipinski definition) is 2. The van der Waals surface area contributed by atoms with Gasteiger partial charge in [-0.3, -0.25) is 9.59 Å². The van der Waals surface area contributed by atoms with Gasteiger partial charge in [-0.15, -0.1) is 0 Å². The van der Waals surface area contributed by atoms with E-state index >= 15 is 0 Å². The largest absolute Gasteiger partial charge is 0.393 e. The SMILES string of the molecule is C=CC(=O)[C@@]1(O)CC[C@H]2[C@@H]3CCC4=CC(=O)CC[C@]4(C)[C@H]3[C@@H](O)C[C@@]21C. The highest BCUT2D eigenvalue weighted by Gasteiger charge is 2.67. The molecule has 0 aromatic rings. The van der Waals surface area contributed by atoms with Gasteiger partial charge in [-0.25, -0.2) is 0 Å². The maximum absolute atomic E-state index is 12.5. The smallest absolute Gasteiger partial charge is 0.187 e. The van der Waals surface area contributed by atoms with Crippen LogP contribution in [-0.2, 0) is 9.59 Å². The number of fused-ring (bicyclic) bond motifs is 5. The highest BCUT2D eigenvalue weighted by molar-refractivity contribution is 5.97. The number of ketones is 2. The Morgan fingerprint density at radius 2 is 2.00 bits per heavy atom. The molecule has 0 heterocycles. The van der Waals surface area contributed by atoms with Gasteiger partial charge in [-0.2, -0.15) is 0 Å². The van der Waals surface area contributed by atoms with Crippen LogP contribution in [0.25, 0.3) is 0 Å². The van der Waals surface area contributed by atoms with Crippen LogP contribution < -0.4 is 0 Å². The maximum Gasteiger partial charge on any atom is 0.187 e. The lowest BCUT2D eigenvalue weighted by atomic mass is 9.45. The fourth-order valence-electron chi connectivity index (χ4n) is 7.27. The molecule has 0 saturated heterocycles. The second-order valence-electron chi connectivity index (χ2n) is 9.54. The van der Waals surface area contributed by atoms with E-state index in [-0.39, 0.29) is 34.7 Å². The summed E-state index contributed by atoms with van der Waals surface area (Å²) in [6, 6.07) is 0. The van der Waals surface area contributed by atoms with E-state index in [0.29, 0.717) is 19.3 Å². The molecule has 4 heteroatoms. The molecule has 3 fully saturated rings. The molecule has 0 unspecified atom stereocenters. The number of carbonyl (C=O) groups excluding carboxylic acids is 2. The van der Waals surface area contributed by atoms with Gasteiger partial charge in [0.1, 0.15) is 5.60 Å². The summed E-state index contributed by atoms with van der Waals surface area (Å²) in [5.41, 5.74) is -0.958. The topological polar surface area (TPSA) is 74.6 Å². The van der Waals surface area contributed by atoms with Crippen LogP contribution >= 0.6 is 0 Å². The number of hydrogen-bond acceptors (Lipinski definition) is 4. The lowest BCUT2D eigenvalue weighted by Gasteiger charge is -2.60. The monoisotopic (exact) mass is 358 g/mol. The van der Waals surface area contributed by atoms with Crippen LogP contribution in [-0.4, -0.2) is 33.5 Å². The zero-order chi connectivity index (χ0) is 18.9. The Kier molecular flexibility index (Phi) is 3.92. The van der Waals surface area contributed by atoms with Crippen LogP contribution in [0, 0.1) is 28.6 Å². The van der Waals surface area contributed by atoms with Crippen molar-refractivity contribution in [2.45, 2.75) is 70.5 Å². The molecule has 0 amide bonds. The normalized spacial score (nSPS) is 50.3. The molecule has 0 spiro atoms. The van der Waals surface area contributed by atoms with Crippen LogP contribution in [0.3, 0.4) is 0 Å². The minimum atomic E-state index is -1.41. The lowest BCUT2D eigenvalue weighted by molar-refractivity contribution is -0.177. The molecule has 4 nitrogen and oxygen atoms in total. The van der Waals surface area contributed by atoms with Crippen molar-refractivity contribution in [1.29, 1.82) is 0 Å². The summed E-state index contributed by atoms with van der Waals surface area (Å²) >= 11 is 0. The molecule has 2 N–H and O–H groups in total. The molecule has 4 aliphatic carbocycles. The number of aliphatic hydroxyl groups is 2. The zero-order valence-electron chi connectivity index (χ0n) is 15.8. The van der Waals surface area contributed by atoms with Gasteiger partial charge >= 0.3 is 0 Å². The van der Waals surface area contributed by atoms with Gasteiger partial charge in [0.25, 0.3) is 0 Å². The van der Waals surface area contributed by atoms with Gasteiger partial charge in [0.15, 0.2) is 11.6 Å². The Hall–Kier alpha value is -1.26. The molecule has 0 aromatic heterocycles. The first-order chi connectivity index (χ1) is 12.2. The molecule has 26 heavy (non-hydrogen) atoms. The molecule has 0 aromatic carbocycles. The van der Waals surface area contributed by atoms with Crippen LogP contribution in [0.4, 0.5) is 0 Å². The number of aliphatic hydroxyl groups excluding tert-OH is 1. The number of allylic oxidation sites excluding steroid dienone is 1. The van der Waals surface area contributed by atoms with E-state index in [1.165, 1.54) is 11.6 Å². The highest BCUT2D eigenvalue weighted by Crippen LogP contribution is 2.67. The minimum Gasteiger partial charge on any atom is -0.393 e. The van der Waals surface area contributed by atoms with Gasteiger partial charge in [-0.05, 0) is 73.8 Å². The average Bonchev–Trinajstić information content (AvgIpc) is 2.86. The zero-order valence-corrected chi connectivity index (χ0v) is 15.8. The van der Waals surface area contributed by atoms with Gasteiger partial charge in [0, 0.05) is 11.8 Å². The molecular formula is C22H30O4. The molecule has 4 rings (SSSR count). The number of rotatable bonds is 2. The summed E-state index contributed by atoms with van der Waals surface area (Å²) in [5.74, 6) is 0.512. The van der Waals surface area contributed by atoms with Gasteiger partial charge in [0.2, 0.25) is 0 Å². The predicted octanol–water partition coefficient (Wildman–Crippen LogP) is 2.98. The molecule has 0 bridgehead atoms. The predicted molar refractivity (Wildman–Crippen MR) is 98.3 cm³/mol. The van der Waals surface area contributed by atoms with Crippen molar-refractivity contribution in [2.75, 3.05) is 0 Å². The van der Waals surface area contributed by atoms with E-state index in [9.17, 15) is 19.8 Å². The summed E-state index contributed by atoms with van der Waals surface area (Å²) in [7, 11) is 0. The van der Waals surface area contributed by atoms with E-state index in [1.807, 2.05) is 13.0 Å². The van der Waals surface area contributed by atoms with Crippen LogP contribution in [0.2, 0.25) is 0 Å². The third-order valence-electron chi connectivity index (χ3n) is 8.64. The van der Waals surface area contributed by atoms with Crippen molar-refractivity contribution in [2.24, 2.45) is 28.6 Å². The summed E-state index contributed by atoms with van der Waals surface area (Å²) in [6.45, 7) is 7.78. The van der Waals surface area contributed by atoms with Gasteiger partial charge < -0.3 is 10.2 Å². The van der Waals surface area contributed by atoms with Gasteiger partial charge in [-0.1, -0.05) is 26.0 Å². The van der Waals surface area contributed by atoms with Gasteiger partial charge in [0.05, 0.1) is 6.10 Å². The van der Waals surface area contributed by atoms with E-state index < -0.39 is 17.1 Å². The number of carbonyl (C=O) groups is 2. The van der Waals surface area contributed by atoms with Crippen molar-refractivity contribution in [3.05, 3.63) is 24.3 Å². The van der Waals surface area contributed by atoms with Crippen LogP contribution in [0.5, 0.6) is 0 Å². The van der Waals surface area contributed by atoms with Crippen molar-refractivity contribution in [3.8, 4) is 0 Å². The van der Waals surface area contributed by atoms with E-state index in [1.54, 1.807) is 0 Å². The maximum atomic E-state index is 12.5. The second-order valence-corrected chi connectivity index (χ2v) is 9.54. The Balaban J connectivity index is 1.75. The molecule has 0 aliphatic heterocycles. The first-order valence-corrected chi connectivity index (χ1v) is 9.98. The summed E-state index contributed by atoms with van der Waals surface area (Å²) in [4.78, 5) is 24.4. The first-order valence-electron chi connectivity index (χ1n) is 9.98. The lowest BCUT2D eigenvalue weighted by Crippen LogP contribution is -2.61. The van der Waals surface area contributed by atoms with Crippen molar-refractivity contribution in [3.63, 3.8) is 0 Å². The highest BCUT2D eigenvalue weighted by atomic mass is 16.3. The third kappa shape index (κ3) is 2.09. The van der Waals surface area contributed by atoms with Crippen LogP contribution in [0.1, 0.15) is 58.8 Å². The summed E-state index contributed by atoms with van der Waals surface area (Å²) in [5, 5.41) is 22.5. The third-order valence-corrected chi connectivity index (χ3v) is 8.64.